The van der Waals surface area contributed by atoms with Crippen molar-refractivity contribution in [3.05, 3.63) is 108 Å². The normalized spacial score (nSPS) is 20.1. The Morgan fingerprint density at radius 3 is 1.85 bits per heavy atom. The first-order valence-corrected chi connectivity index (χ1v) is 12.0. The van der Waals surface area contributed by atoms with E-state index in [-0.39, 0.29) is 24.3 Å². The molecule has 1 unspecified atom stereocenters. The maximum Gasteiger partial charge on any atom is 0.253 e. The summed E-state index contributed by atoms with van der Waals surface area (Å²) in [5.74, 6) is -0.00774. The zero-order chi connectivity index (χ0) is 23.5. The summed E-state index contributed by atoms with van der Waals surface area (Å²) in [5, 5.41) is 10.7. The summed E-state index contributed by atoms with van der Waals surface area (Å²) >= 11 is 0. The van der Waals surface area contributed by atoms with E-state index in [0.29, 0.717) is 37.9 Å². The fourth-order valence-corrected chi connectivity index (χ4v) is 5.69. The molecule has 2 fully saturated rings. The Kier molecular flexibility index (Phi) is 6.20. The molecule has 0 radical (unpaired) electrons. The van der Waals surface area contributed by atoms with Gasteiger partial charge in [-0.15, -0.1) is 0 Å². The number of rotatable bonds is 4. The van der Waals surface area contributed by atoms with Crippen LogP contribution in [0.25, 0.3) is 0 Å². The van der Waals surface area contributed by atoms with E-state index in [1.165, 1.54) is 0 Å². The fourth-order valence-electron chi connectivity index (χ4n) is 5.69. The molecule has 2 saturated heterocycles. The third-order valence-corrected chi connectivity index (χ3v) is 7.30. The molecule has 2 heterocycles. The predicted molar refractivity (Wildman–Crippen MR) is 131 cm³/mol. The Morgan fingerprint density at radius 1 is 0.824 bits per heavy atom. The molecule has 0 aliphatic carbocycles. The monoisotopic (exact) mass is 454 g/mol. The molecule has 1 atom stereocenters. The Balaban J connectivity index is 1.49. The van der Waals surface area contributed by atoms with Gasteiger partial charge in [-0.25, -0.2) is 0 Å². The van der Waals surface area contributed by atoms with Gasteiger partial charge in [0.25, 0.3) is 5.91 Å². The van der Waals surface area contributed by atoms with Crippen molar-refractivity contribution in [1.29, 1.82) is 0 Å². The van der Waals surface area contributed by atoms with Crippen LogP contribution in [0, 0.1) is 0 Å². The van der Waals surface area contributed by atoms with Crippen LogP contribution in [0.2, 0.25) is 0 Å². The van der Waals surface area contributed by atoms with Crippen LogP contribution in [0.5, 0.6) is 0 Å². The zero-order valence-electron chi connectivity index (χ0n) is 19.2. The minimum absolute atomic E-state index is 0.0207. The molecule has 3 aromatic rings. The van der Waals surface area contributed by atoms with E-state index in [0.717, 1.165) is 11.1 Å². The topological polar surface area (TPSA) is 60.9 Å². The summed E-state index contributed by atoms with van der Waals surface area (Å²) in [7, 11) is 0. The van der Waals surface area contributed by atoms with E-state index in [1.807, 2.05) is 76.5 Å². The van der Waals surface area contributed by atoms with Crippen molar-refractivity contribution < 1.29 is 14.7 Å². The summed E-state index contributed by atoms with van der Waals surface area (Å²) in [6, 6.07) is 29.3. The highest BCUT2D eigenvalue weighted by molar-refractivity contribution is 5.94. The molecular formula is C29H30N2O3. The standard InChI is InChI=1S/C29H30N2O3/c32-25-20-26(33)31(27(22-10-4-1-5-11-22)23-12-6-2-7-13-23)29(21-25)16-18-30(19-17-29)28(34)24-14-8-3-9-15-24/h1-15,25,27,32H,16-21H2. The molecule has 2 aliphatic heterocycles. The number of carbonyl (C=O) groups excluding carboxylic acids is 2. The van der Waals surface area contributed by atoms with Gasteiger partial charge in [0, 0.05) is 24.2 Å². The van der Waals surface area contributed by atoms with E-state index in [2.05, 4.69) is 24.3 Å². The summed E-state index contributed by atoms with van der Waals surface area (Å²) in [6.07, 6.45) is 1.29. The van der Waals surface area contributed by atoms with Gasteiger partial charge in [-0.3, -0.25) is 9.59 Å². The van der Waals surface area contributed by atoms with Gasteiger partial charge < -0.3 is 14.9 Å². The highest BCUT2D eigenvalue weighted by atomic mass is 16.3. The van der Waals surface area contributed by atoms with Crippen LogP contribution in [0.15, 0.2) is 91.0 Å². The average Bonchev–Trinajstić information content (AvgIpc) is 2.88. The van der Waals surface area contributed by atoms with Crippen LogP contribution in [0.1, 0.15) is 53.2 Å². The molecular weight excluding hydrogens is 424 g/mol. The lowest BCUT2D eigenvalue weighted by Crippen LogP contribution is -2.63. The molecule has 2 amide bonds. The molecule has 3 aromatic carbocycles. The summed E-state index contributed by atoms with van der Waals surface area (Å²) < 4.78 is 0. The van der Waals surface area contributed by atoms with E-state index in [1.54, 1.807) is 0 Å². The molecule has 0 aromatic heterocycles. The molecule has 1 N–H and O–H groups in total. The van der Waals surface area contributed by atoms with Crippen molar-refractivity contribution in [2.75, 3.05) is 13.1 Å². The molecule has 0 saturated carbocycles. The first kappa shape index (κ1) is 22.4. The van der Waals surface area contributed by atoms with Crippen molar-refractivity contribution in [3.8, 4) is 0 Å². The first-order chi connectivity index (χ1) is 16.6. The number of amides is 2. The van der Waals surface area contributed by atoms with Gasteiger partial charge in [0.1, 0.15) is 0 Å². The highest BCUT2D eigenvalue weighted by Gasteiger charge is 2.50. The smallest absolute Gasteiger partial charge is 0.253 e. The van der Waals surface area contributed by atoms with Gasteiger partial charge in [-0.2, -0.15) is 0 Å². The van der Waals surface area contributed by atoms with Crippen LogP contribution in [0.4, 0.5) is 0 Å². The molecule has 34 heavy (non-hydrogen) atoms. The number of nitrogens with zero attached hydrogens (tertiary/aromatic N) is 2. The van der Waals surface area contributed by atoms with Crippen molar-refractivity contribution in [2.45, 2.75) is 43.4 Å². The molecule has 5 nitrogen and oxygen atoms in total. The van der Waals surface area contributed by atoms with Gasteiger partial charge in [0.15, 0.2) is 0 Å². The Bertz CT molecular complexity index is 1090. The molecule has 174 valence electrons. The predicted octanol–water partition coefficient (Wildman–Crippen LogP) is 4.43. The second kappa shape index (κ2) is 9.43. The molecule has 5 rings (SSSR count). The lowest BCUT2D eigenvalue weighted by Gasteiger charge is -2.55. The molecule has 0 bridgehead atoms. The van der Waals surface area contributed by atoms with Crippen LogP contribution in [-0.2, 0) is 4.79 Å². The number of likely N-dealkylation sites (tertiary alicyclic amines) is 2. The highest BCUT2D eigenvalue weighted by Crippen LogP contribution is 2.45. The minimum Gasteiger partial charge on any atom is -0.393 e. The second-order valence-electron chi connectivity index (χ2n) is 9.43. The van der Waals surface area contributed by atoms with Crippen LogP contribution in [0.3, 0.4) is 0 Å². The average molecular weight is 455 g/mol. The summed E-state index contributed by atoms with van der Waals surface area (Å²) in [6.45, 7) is 1.11. The minimum atomic E-state index is -0.660. The molecule has 1 spiro atoms. The van der Waals surface area contributed by atoms with Crippen molar-refractivity contribution >= 4 is 11.8 Å². The van der Waals surface area contributed by atoms with Gasteiger partial charge in [0.05, 0.1) is 18.6 Å². The maximum absolute atomic E-state index is 13.6. The van der Waals surface area contributed by atoms with E-state index < -0.39 is 11.6 Å². The number of aliphatic hydroxyl groups is 1. The Labute approximate surface area is 200 Å². The number of carbonyl (C=O) groups is 2. The molecule has 5 heteroatoms. The van der Waals surface area contributed by atoms with Crippen molar-refractivity contribution in [1.82, 2.24) is 9.80 Å². The van der Waals surface area contributed by atoms with Gasteiger partial charge in [-0.05, 0) is 42.5 Å². The van der Waals surface area contributed by atoms with Crippen LogP contribution in [-0.4, -0.2) is 51.5 Å². The van der Waals surface area contributed by atoms with Gasteiger partial charge >= 0.3 is 0 Å². The maximum atomic E-state index is 13.6. The number of hydrogen-bond donors (Lipinski definition) is 1. The third-order valence-electron chi connectivity index (χ3n) is 7.30. The second-order valence-corrected chi connectivity index (χ2v) is 9.43. The third kappa shape index (κ3) is 4.24. The summed E-state index contributed by atoms with van der Waals surface area (Å²) in [4.78, 5) is 30.6. The zero-order valence-corrected chi connectivity index (χ0v) is 19.2. The SMILES string of the molecule is O=C(c1ccccc1)N1CCC2(CC1)CC(O)CC(=O)N2C(c1ccccc1)c1ccccc1. The number of benzene rings is 3. The Hall–Kier alpha value is -3.44. The summed E-state index contributed by atoms with van der Waals surface area (Å²) in [5.41, 5.74) is 2.29. The van der Waals surface area contributed by atoms with Crippen LogP contribution < -0.4 is 0 Å². The number of piperidine rings is 2. The first-order valence-electron chi connectivity index (χ1n) is 12.0. The van der Waals surface area contributed by atoms with Gasteiger partial charge in [-0.1, -0.05) is 78.9 Å². The molecule has 2 aliphatic rings. The Morgan fingerprint density at radius 2 is 1.32 bits per heavy atom. The lowest BCUT2D eigenvalue weighted by atomic mass is 9.75. The lowest BCUT2D eigenvalue weighted by molar-refractivity contribution is -0.155. The van der Waals surface area contributed by atoms with Gasteiger partial charge in [0.2, 0.25) is 5.91 Å². The van der Waals surface area contributed by atoms with E-state index >= 15 is 0 Å². The largest absolute Gasteiger partial charge is 0.393 e. The fraction of sp³-hybridized carbons (Fsp3) is 0.310. The van der Waals surface area contributed by atoms with E-state index in [9.17, 15) is 14.7 Å². The van der Waals surface area contributed by atoms with Crippen LogP contribution >= 0.6 is 0 Å². The van der Waals surface area contributed by atoms with Crippen molar-refractivity contribution in [3.63, 3.8) is 0 Å². The number of aliphatic hydroxyl groups excluding tert-OH is 1. The van der Waals surface area contributed by atoms with E-state index in [4.69, 9.17) is 0 Å². The van der Waals surface area contributed by atoms with Crippen molar-refractivity contribution in [2.24, 2.45) is 0 Å². The quantitative estimate of drug-likeness (QED) is 0.634. The number of hydrogen-bond acceptors (Lipinski definition) is 3.